The van der Waals surface area contributed by atoms with E-state index in [0.717, 1.165) is 12.8 Å². The maximum Gasteiger partial charge on any atom is 0.502 e. The normalized spacial score (nSPS) is 18.1. The lowest BCUT2D eigenvalue weighted by atomic mass is 10.0. The van der Waals surface area contributed by atoms with Crippen molar-refractivity contribution in [2.45, 2.75) is 31.3 Å². The predicted molar refractivity (Wildman–Crippen MR) is 93.5 cm³/mol. The third-order valence-electron chi connectivity index (χ3n) is 4.34. The molecule has 0 bridgehead atoms. The van der Waals surface area contributed by atoms with E-state index in [1.54, 1.807) is 21.3 Å². The van der Waals surface area contributed by atoms with Crippen LogP contribution in [0.5, 0.6) is 0 Å². The van der Waals surface area contributed by atoms with E-state index < -0.39 is 8.80 Å². The number of ether oxygens (including phenoxy) is 1. The first kappa shape index (κ1) is 20.0. The maximum absolute atomic E-state index is 12.0. The molecule has 1 atom stereocenters. The maximum atomic E-state index is 12.0. The number of benzene rings is 1. The Morgan fingerprint density at radius 3 is 2.44 bits per heavy atom. The van der Waals surface area contributed by atoms with Crippen LogP contribution in [0.1, 0.15) is 18.4 Å². The van der Waals surface area contributed by atoms with Crippen molar-refractivity contribution >= 4 is 14.7 Å². The zero-order chi connectivity index (χ0) is 18.1. The average Bonchev–Trinajstić information content (AvgIpc) is 2.99. The highest BCUT2D eigenvalue weighted by Crippen LogP contribution is 2.22. The highest BCUT2D eigenvalue weighted by atomic mass is 28.4. The van der Waals surface area contributed by atoms with Gasteiger partial charge in [0.15, 0.2) is 6.79 Å². The lowest BCUT2D eigenvalue weighted by Crippen LogP contribution is -2.43. The fourth-order valence-electron chi connectivity index (χ4n) is 2.88. The standard InChI is InChI=1S/C17H27NO6Si/c1-20-25(21-2,22-3)12-11-23-14-24-18-16(9-10-17(18)19)13-15-7-5-4-6-8-15/h4-8,16H,9-14H2,1-3H3/t16-/m1/s1. The van der Waals surface area contributed by atoms with Crippen LogP contribution in [0.15, 0.2) is 30.3 Å². The number of carbonyl (C=O) groups excluding carboxylic acids is 1. The molecule has 1 fully saturated rings. The van der Waals surface area contributed by atoms with Crippen molar-refractivity contribution in [1.29, 1.82) is 0 Å². The lowest BCUT2D eigenvalue weighted by Gasteiger charge is -2.25. The van der Waals surface area contributed by atoms with Gasteiger partial charge in [-0.1, -0.05) is 30.3 Å². The van der Waals surface area contributed by atoms with Crippen LogP contribution in [0.2, 0.25) is 6.04 Å². The first-order chi connectivity index (χ1) is 12.1. The topological polar surface area (TPSA) is 66.5 Å². The molecule has 0 aliphatic carbocycles. The van der Waals surface area contributed by atoms with E-state index in [9.17, 15) is 4.79 Å². The van der Waals surface area contributed by atoms with Crippen LogP contribution in [0.25, 0.3) is 0 Å². The van der Waals surface area contributed by atoms with E-state index in [4.69, 9.17) is 22.9 Å². The molecule has 2 rings (SSSR count). The first-order valence-electron chi connectivity index (χ1n) is 8.36. The third-order valence-corrected chi connectivity index (χ3v) is 7.03. The van der Waals surface area contributed by atoms with Crippen LogP contribution in [0.3, 0.4) is 0 Å². The quantitative estimate of drug-likeness (QED) is 0.338. The van der Waals surface area contributed by atoms with E-state index in [1.807, 2.05) is 18.2 Å². The van der Waals surface area contributed by atoms with Gasteiger partial charge in [0, 0.05) is 33.8 Å². The Morgan fingerprint density at radius 2 is 1.80 bits per heavy atom. The Kier molecular flexibility index (Phi) is 8.01. The van der Waals surface area contributed by atoms with Gasteiger partial charge < -0.3 is 18.0 Å². The molecule has 1 aliphatic heterocycles. The third kappa shape index (κ3) is 5.60. The molecule has 0 N–H and O–H groups in total. The first-order valence-corrected chi connectivity index (χ1v) is 10.3. The van der Waals surface area contributed by atoms with Gasteiger partial charge in [-0.2, -0.15) is 0 Å². The van der Waals surface area contributed by atoms with E-state index in [2.05, 4.69) is 12.1 Å². The Labute approximate surface area is 150 Å². The molecule has 1 saturated heterocycles. The molecule has 0 aromatic heterocycles. The van der Waals surface area contributed by atoms with Crippen molar-refractivity contribution in [3.05, 3.63) is 35.9 Å². The van der Waals surface area contributed by atoms with Gasteiger partial charge in [-0.3, -0.25) is 4.79 Å². The molecule has 1 heterocycles. The number of hydroxylamine groups is 2. The summed E-state index contributed by atoms with van der Waals surface area (Å²) < 4.78 is 21.5. The number of carbonyl (C=O) groups is 1. The van der Waals surface area contributed by atoms with Gasteiger partial charge >= 0.3 is 8.80 Å². The molecule has 8 heteroatoms. The van der Waals surface area contributed by atoms with E-state index >= 15 is 0 Å². The summed E-state index contributed by atoms with van der Waals surface area (Å²) in [6.07, 6.45) is 2.07. The van der Waals surface area contributed by atoms with Crippen molar-refractivity contribution in [3.8, 4) is 0 Å². The highest BCUT2D eigenvalue weighted by Gasteiger charge is 2.37. The van der Waals surface area contributed by atoms with Crippen LogP contribution in [0.4, 0.5) is 0 Å². The molecule has 1 aliphatic rings. The predicted octanol–water partition coefficient (Wildman–Crippen LogP) is 2.00. The molecule has 1 amide bonds. The summed E-state index contributed by atoms with van der Waals surface area (Å²) in [5.74, 6) is -0.000993. The molecule has 0 spiro atoms. The summed E-state index contributed by atoms with van der Waals surface area (Å²) >= 11 is 0. The van der Waals surface area contributed by atoms with E-state index in [0.29, 0.717) is 19.1 Å². The van der Waals surface area contributed by atoms with Gasteiger partial charge in [0.1, 0.15) is 0 Å². The molecule has 0 saturated carbocycles. The minimum absolute atomic E-state index is 0.000993. The molecular formula is C17H27NO6Si. The van der Waals surface area contributed by atoms with Gasteiger partial charge in [-0.15, -0.1) is 0 Å². The smallest absolute Gasteiger partial charge is 0.377 e. The summed E-state index contributed by atoms with van der Waals surface area (Å²) in [6.45, 7) is 0.381. The Balaban J connectivity index is 1.75. The van der Waals surface area contributed by atoms with Crippen LogP contribution in [0, 0.1) is 0 Å². The van der Waals surface area contributed by atoms with Crippen molar-refractivity contribution in [2.75, 3.05) is 34.7 Å². The molecule has 1 aromatic carbocycles. The van der Waals surface area contributed by atoms with Crippen molar-refractivity contribution in [1.82, 2.24) is 5.06 Å². The van der Waals surface area contributed by atoms with Gasteiger partial charge in [-0.25, -0.2) is 9.90 Å². The second-order valence-corrected chi connectivity index (χ2v) is 8.89. The number of nitrogens with zero attached hydrogens (tertiary/aromatic N) is 1. The largest absolute Gasteiger partial charge is 0.502 e. The Hall–Kier alpha value is -1.29. The molecule has 0 radical (unpaired) electrons. The Morgan fingerprint density at radius 1 is 1.12 bits per heavy atom. The Bertz CT molecular complexity index is 517. The van der Waals surface area contributed by atoms with Crippen molar-refractivity contribution < 1.29 is 27.6 Å². The summed E-state index contributed by atoms with van der Waals surface area (Å²) in [4.78, 5) is 17.6. The number of hydrogen-bond donors (Lipinski definition) is 0. The summed E-state index contributed by atoms with van der Waals surface area (Å²) in [6, 6.07) is 10.7. The van der Waals surface area contributed by atoms with Crippen molar-refractivity contribution in [2.24, 2.45) is 0 Å². The van der Waals surface area contributed by atoms with E-state index in [1.165, 1.54) is 10.6 Å². The van der Waals surface area contributed by atoms with Crippen LogP contribution in [-0.4, -0.2) is 60.5 Å². The monoisotopic (exact) mass is 369 g/mol. The van der Waals surface area contributed by atoms with Crippen LogP contribution >= 0.6 is 0 Å². The summed E-state index contributed by atoms with van der Waals surface area (Å²) in [7, 11) is 2.05. The molecule has 25 heavy (non-hydrogen) atoms. The molecule has 0 unspecified atom stereocenters. The molecular weight excluding hydrogens is 342 g/mol. The molecule has 7 nitrogen and oxygen atoms in total. The van der Waals surface area contributed by atoms with Gasteiger partial charge in [-0.05, 0) is 18.4 Å². The minimum Gasteiger partial charge on any atom is -0.377 e. The molecule has 140 valence electrons. The zero-order valence-corrected chi connectivity index (χ0v) is 16.1. The highest BCUT2D eigenvalue weighted by molar-refractivity contribution is 6.60. The lowest BCUT2D eigenvalue weighted by molar-refractivity contribution is -0.228. The van der Waals surface area contributed by atoms with Gasteiger partial charge in [0.2, 0.25) is 5.91 Å². The van der Waals surface area contributed by atoms with Gasteiger partial charge in [0.05, 0.1) is 12.6 Å². The second-order valence-electron chi connectivity index (χ2n) is 5.80. The van der Waals surface area contributed by atoms with Gasteiger partial charge in [0.25, 0.3) is 0 Å². The average molecular weight is 369 g/mol. The zero-order valence-electron chi connectivity index (χ0n) is 15.1. The summed E-state index contributed by atoms with van der Waals surface area (Å²) in [5, 5.41) is 1.46. The summed E-state index contributed by atoms with van der Waals surface area (Å²) in [5.41, 5.74) is 1.19. The second kappa shape index (κ2) is 10.0. The van der Waals surface area contributed by atoms with Crippen LogP contribution in [-0.2, 0) is 34.1 Å². The van der Waals surface area contributed by atoms with Crippen LogP contribution < -0.4 is 0 Å². The van der Waals surface area contributed by atoms with E-state index in [-0.39, 0.29) is 18.7 Å². The number of hydrogen-bond acceptors (Lipinski definition) is 6. The fourth-order valence-corrected chi connectivity index (χ4v) is 4.38. The number of amides is 1. The minimum atomic E-state index is -2.64. The van der Waals surface area contributed by atoms with Crippen molar-refractivity contribution in [3.63, 3.8) is 0 Å². The molecule has 1 aromatic rings. The number of rotatable bonds is 11. The fraction of sp³-hybridized carbons (Fsp3) is 0.588. The SMILES string of the molecule is CO[Si](CCOCON1C(=O)CC[C@@H]1Cc1ccccc1)(OC)OC.